The van der Waals surface area contributed by atoms with E-state index in [4.69, 9.17) is 23.2 Å². The van der Waals surface area contributed by atoms with Crippen LogP contribution >= 0.6 is 34.5 Å². The van der Waals surface area contributed by atoms with E-state index in [0.717, 1.165) is 10.4 Å². The molecule has 0 saturated heterocycles. The Morgan fingerprint density at radius 3 is 2.56 bits per heavy atom. The number of carbonyl (C=O) groups is 1. The SMILES string of the molecule is Cc1nn(Cc2ccccc2)c(Cl)c1C(=O)N(C)Cc1ccc(Cl)s1. The van der Waals surface area contributed by atoms with Crippen molar-refractivity contribution in [2.45, 2.75) is 20.0 Å². The van der Waals surface area contributed by atoms with Gasteiger partial charge in [0.1, 0.15) is 5.15 Å². The van der Waals surface area contributed by atoms with Gasteiger partial charge in [-0.1, -0.05) is 53.5 Å². The standard InChI is InChI=1S/C18H17Cl2N3OS/c1-12-16(18(24)22(2)11-14-8-9-15(19)25-14)17(20)23(21-12)10-13-6-4-3-5-7-13/h3-9H,10-11H2,1-2H3. The predicted octanol–water partition coefficient (Wildman–Crippen LogP) is 4.88. The van der Waals surface area contributed by atoms with Gasteiger partial charge in [-0.05, 0) is 24.6 Å². The minimum absolute atomic E-state index is 0.147. The van der Waals surface area contributed by atoms with Crippen LogP contribution in [-0.4, -0.2) is 27.6 Å². The molecule has 4 nitrogen and oxygen atoms in total. The third-order valence-corrected chi connectivity index (χ3v) is 5.42. The number of rotatable bonds is 5. The van der Waals surface area contributed by atoms with E-state index in [-0.39, 0.29) is 5.91 Å². The topological polar surface area (TPSA) is 38.1 Å². The molecule has 3 rings (SSSR count). The van der Waals surface area contributed by atoms with E-state index in [1.165, 1.54) is 11.3 Å². The van der Waals surface area contributed by atoms with Crippen LogP contribution in [0.4, 0.5) is 0 Å². The van der Waals surface area contributed by atoms with E-state index in [9.17, 15) is 4.79 Å². The van der Waals surface area contributed by atoms with Crippen molar-refractivity contribution < 1.29 is 4.79 Å². The highest BCUT2D eigenvalue weighted by Crippen LogP contribution is 2.25. The van der Waals surface area contributed by atoms with Gasteiger partial charge in [0.2, 0.25) is 0 Å². The van der Waals surface area contributed by atoms with Crippen LogP contribution in [0, 0.1) is 6.92 Å². The Bertz CT molecular complexity index is 889. The van der Waals surface area contributed by atoms with Crippen molar-refractivity contribution in [3.63, 3.8) is 0 Å². The van der Waals surface area contributed by atoms with Crippen LogP contribution in [0.5, 0.6) is 0 Å². The Labute approximate surface area is 160 Å². The summed E-state index contributed by atoms with van der Waals surface area (Å²) in [7, 11) is 1.75. The second kappa shape index (κ2) is 7.60. The maximum absolute atomic E-state index is 12.8. The molecular weight excluding hydrogens is 377 g/mol. The highest BCUT2D eigenvalue weighted by Gasteiger charge is 2.23. The van der Waals surface area contributed by atoms with Gasteiger partial charge in [0.05, 0.1) is 28.7 Å². The summed E-state index contributed by atoms with van der Waals surface area (Å²) in [4.78, 5) is 15.5. The van der Waals surface area contributed by atoms with E-state index in [0.29, 0.717) is 33.8 Å². The number of carbonyl (C=O) groups excluding carboxylic acids is 1. The highest BCUT2D eigenvalue weighted by atomic mass is 35.5. The summed E-state index contributed by atoms with van der Waals surface area (Å²) in [6, 6.07) is 13.6. The molecule has 1 amide bonds. The van der Waals surface area contributed by atoms with Crippen molar-refractivity contribution >= 4 is 40.4 Å². The number of hydrogen-bond acceptors (Lipinski definition) is 3. The van der Waals surface area contributed by atoms with Crippen LogP contribution in [0.3, 0.4) is 0 Å². The molecule has 130 valence electrons. The second-order valence-corrected chi connectivity index (χ2v) is 7.92. The molecule has 1 aromatic carbocycles. The first-order valence-corrected chi connectivity index (χ1v) is 9.29. The molecule has 0 unspecified atom stereocenters. The van der Waals surface area contributed by atoms with Crippen molar-refractivity contribution in [3.8, 4) is 0 Å². The third-order valence-electron chi connectivity index (χ3n) is 3.82. The lowest BCUT2D eigenvalue weighted by Gasteiger charge is -2.16. The molecule has 2 aromatic heterocycles. The Morgan fingerprint density at radius 2 is 1.92 bits per heavy atom. The van der Waals surface area contributed by atoms with Crippen LogP contribution < -0.4 is 0 Å². The van der Waals surface area contributed by atoms with E-state index in [2.05, 4.69) is 5.10 Å². The van der Waals surface area contributed by atoms with Crippen LogP contribution in [0.15, 0.2) is 42.5 Å². The van der Waals surface area contributed by atoms with E-state index in [1.807, 2.05) is 42.5 Å². The van der Waals surface area contributed by atoms with Crippen LogP contribution in [-0.2, 0) is 13.1 Å². The minimum Gasteiger partial charge on any atom is -0.336 e. The van der Waals surface area contributed by atoms with E-state index >= 15 is 0 Å². The maximum Gasteiger partial charge on any atom is 0.258 e. The molecule has 0 aliphatic heterocycles. The molecule has 25 heavy (non-hydrogen) atoms. The minimum atomic E-state index is -0.147. The first-order chi connectivity index (χ1) is 12.0. The van der Waals surface area contributed by atoms with Gasteiger partial charge in [-0.15, -0.1) is 11.3 Å². The van der Waals surface area contributed by atoms with Gasteiger partial charge in [0.25, 0.3) is 5.91 Å². The Hall–Kier alpha value is -1.82. The average Bonchev–Trinajstić information content (AvgIpc) is 3.11. The number of benzene rings is 1. The van der Waals surface area contributed by atoms with Gasteiger partial charge in [-0.3, -0.25) is 4.79 Å². The summed E-state index contributed by atoms with van der Waals surface area (Å²) < 4.78 is 2.37. The first kappa shape index (κ1) is 18.0. The number of thiophene rings is 1. The average molecular weight is 394 g/mol. The molecule has 0 N–H and O–H groups in total. The second-order valence-electron chi connectivity index (χ2n) is 5.76. The zero-order chi connectivity index (χ0) is 18.0. The van der Waals surface area contributed by atoms with E-state index in [1.54, 1.807) is 23.6 Å². The van der Waals surface area contributed by atoms with Gasteiger partial charge >= 0.3 is 0 Å². The number of nitrogens with zero attached hydrogens (tertiary/aromatic N) is 3. The number of aromatic nitrogens is 2. The molecule has 0 bridgehead atoms. The molecule has 0 spiro atoms. The molecule has 0 saturated carbocycles. The van der Waals surface area contributed by atoms with E-state index < -0.39 is 0 Å². The smallest absolute Gasteiger partial charge is 0.258 e. The van der Waals surface area contributed by atoms with Gasteiger partial charge < -0.3 is 4.90 Å². The van der Waals surface area contributed by atoms with Crippen molar-refractivity contribution in [1.82, 2.24) is 14.7 Å². The van der Waals surface area contributed by atoms with Crippen LogP contribution in [0.25, 0.3) is 0 Å². The van der Waals surface area contributed by atoms with Gasteiger partial charge in [-0.2, -0.15) is 5.10 Å². The number of hydrogen-bond donors (Lipinski definition) is 0. The summed E-state index contributed by atoms with van der Waals surface area (Å²) in [5.74, 6) is -0.147. The van der Waals surface area contributed by atoms with Gasteiger partial charge in [-0.25, -0.2) is 4.68 Å². The Balaban J connectivity index is 1.80. The quantitative estimate of drug-likeness (QED) is 0.619. The lowest BCUT2D eigenvalue weighted by Crippen LogP contribution is -2.26. The predicted molar refractivity (Wildman–Crippen MR) is 103 cm³/mol. The Morgan fingerprint density at radius 1 is 1.20 bits per heavy atom. The molecule has 0 aliphatic carbocycles. The monoisotopic (exact) mass is 393 g/mol. The van der Waals surface area contributed by atoms with Crippen LogP contribution in [0.2, 0.25) is 9.49 Å². The van der Waals surface area contributed by atoms with Gasteiger partial charge in [0.15, 0.2) is 0 Å². The molecule has 0 radical (unpaired) electrons. The summed E-state index contributed by atoms with van der Waals surface area (Å²) in [5, 5.41) is 4.80. The lowest BCUT2D eigenvalue weighted by molar-refractivity contribution is 0.0786. The fraction of sp³-hybridized carbons (Fsp3) is 0.222. The molecule has 0 aliphatic rings. The number of aryl methyl sites for hydroxylation is 1. The normalized spacial score (nSPS) is 10.9. The van der Waals surface area contributed by atoms with Crippen molar-refractivity contribution in [2.75, 3.05) is 7.05 Å². The van der Waals surface area contributed by atoms with Crippen molar-refractivity contribution in [3.05, 3.63) is 73.7 Å². The maximum atomic E-state index is 12.8. The molecule has 0 fully saturated rings. The number of halogens is 2. The summed E-state index contributed by atoms with van der Waals surface area (Å²) in [5.41, 5.74) is 2.15. The summed E-state index contributed by atoms with van der Waals surface area (Å²) in [6.07, 6.45) is 0. The van der Waals surface area contributed by atoms with Gasteiger partial charge in [0, 0.05) is 11.9 Å². The molecular formula is C18H17Cl2N3OS. The zero-order valence-corrected chi connectivity index (χ0v) is 16.2. The zero-order valence-electron chi connectivity index (χ0n) is 13.9. The molecule has 3 aromatic rings. The van der Waals surface area contributed by atoms with Crippen LogP contribution in [0.1, 0.15) is 26.5 Å². The molecule has 2 heterocycles. The largest absolute Gasteiger partial charge is 0.336 e. The number of amides is 1. The third kappa shape index (κ3) is 4.06. The highest BCUT2D eigenvalue weighted by molar-refractivity contribution is 7.16. The lowest BCUT2D eigenvalue weighted by atomic mass is 10.2. The fourth-order valence-corrected chi connectivity index (χ4v) is 4.05. The molecule has 0 atom stereocenters. The fourth-order valence-electron chi connectivity index (χ4n) is 2.59. The molecule has 7 heteroatoms. The first-order valence-electron chi connectivity index (χ1n) is 7.72. The van der Waals surface area contributed by atoms with Crippen molar-refractivity contribution in [1.29, 1.82) is 0 Å². The summed E-state index contributed by atoms with van der Waals surface area (Å²) in [6.45, 7) is 2.81. The summed E-state index contributed by atoms with van der Waals surface area (Å²) >= 11 is 13.9. The Kier molecular flexibility index (Phi) is 5.47. The van der Waals surface area contributed by atoms with Crippen molar-refractivity contribution in [2.24, 2.45) is 0 Å².